The Balaban J connectivity index is 2.12. The molecule has 0 aliphatic heterocycles. The van der Waals surface area contributed by atoms with Crippen LogP contribution in [0, 0.1) is 5.82 Å². The molecule has 0 bridgehead atoms. The molecule has 0 saturated carbocycles. The summed E-state index contributed by atoms with van der Waals surface area (Å²) in [5.41, 5.74) is 6.60. The Morgan fingerprint density at radius 3 is 2.42 bits per heavy atom. The lowest BCUT2D eigenvalue weighted by molar-refractivity contribution is 0.581. The number of rotatable bonds is 4. The number of sulfonamides is 1. The molecule has 0 aliphatic rings. The predicted molar refractivity (Wildman–Crippen MR) is 71.3 cm³/mol. The fraction of sp³-hybridized carbons (Fsp3) is 0.0769. The fourth-order valence-electron chi connectivity index (χ4n) is 1.55. The van der Waals surface area contributed by atoms with Gasteiger partial charge in [0.05, 0.1) is 4.90 Å². The SMILES string of the molecule is Nc1cccc(S(=O)(=O)NCc2ccc(F)cc2)c1. The van der Waals surface area contributed by atoms with Crippen LogP contribution in [0.25, 0.3) is 0 Å². The summed E-state index contributed by atoms with van der Waals surface area (Å²) < 4.78 is 39.1. The molecule has 0 atom stereocenters. The van der Waals surface area contributed by atoms with Crippen LogP contribution in [0.2, 0.25) is 0 Å². The number of nitrogen functional groups attached to an aromatic ring is 1. The highest BCUT2D eigenvalue weighted by atomic mass is 32.2. The van der Waals surface area contributed by atoms with Crippen molar-refractivity contribution in [3.05, 3.63) is 59.9 Å². The summed E-state index contributed by atoms with van der Waals surface area (Å²) in [5, 5.41) is 0. The van der Waals surface area contributed by atoms with Crippen molar-refractivity contribution in [2.24, 2.45) is 0 Å². The predicted octanol–water partition coefficient (Wildman–Crippen LogP) is 1.89. The first-order valence-corrected chi connectivity index (χ1v) is 7.05. The molecule has 0 radical (unpaired) electrons. The third-order valence-electron chi connectivity index (χ3n) is 2.55. The topological polar surface area (TPSA) is 72.2 Å². The molecule has 0 fully saturated rings. The lowest BCUT2D eigenvalue weighted by Crippen LogP contribution is -2.23. The maximum Gasteiger partial charge on any atom is 0.240 e. The molecule has 0 aliphatic carbocycles. The Morgan fingerprint density at radius 1 is 1.11 bits per heavy atom. The van der Waals surface area contributed by atoms with Gasteiger partial charge in [0.1, 0.15) is 5.82 Å². The zero-order valence-corrected chi connectivity index (χ0v) is 10.8. The van der Waals surface area contributed by atoms with Gasteiger partial charge in [-0.15, -0.1) is 0 Å². The largest absolute Gasteiger partial charge is 0.399 e. The van der Waals surface area contributed by atoms with Crippen LogP contribution >= 0.6 is 0 Å². The maximum atomic E-state index is 12.7. The summed E-state index contributed by atoms with van der Waals surface area (Å²) in [4.78, 5) is 0.106. The minimum absolute atomic E-state index is 0.0947. The lowest BCUT2D eigenvalue weighted by atomic mass is 10.2. The van der Waals surface area contributed by atoms with Crippen LogP contribution in [-0.4, -0.2) is 8.42 Å². The molecular weight excluding hydrogens is 267 g/mol. The minimum Gasteiger partial charge on any atom is -0.399 e. The van der Waals surface area contributed by atoms with Gasteiger partial charge in [-0.3, -0.25) is 0 Å². The molecule has 0 amide bonds. The Morgan fingerprint density at radius 2 is 1.79 bits per heavy atom. The number of nitrogens with one attached hydrogen (secondary N) is 1. The van der Waals surface area contributed by atoms with E-state index in [9.17, 15) is 12.8 Å². The average molecular weight is 280 g/mol. The second-order valence-corrected chi connectivity index (χ2v) is 5.79. The van der Waals surface area contributed by atoms with Crippen LogP contribution in [0.1, 0.15) is 5.56 Å². The van der Waals surface area contributed by atoms with Gasteiger partial charge in [-0.25, -0.2) is 17.5 Å². The second-order valence-electron chi connectivity index (χ2n) is 4.02. The molecule has 0 saturated heterocycles. The van der Waals surface area contributed by atoms with Gasteiger partial charge in [0.15, 0.2) is 0 Å². The average Bonchev–Trinajstić information content (AvgIpc) is 2.38. The van der Waals surface area contributed by atoms with Crippen molar-refractivity contribution in [3.8, 4) is 0 Å². The minimum atomic E-state index is -3.61. The van der Waals surface area contributed by atoms with Gasteiger partial charge in [0.25, 0.3) is 0 Å². The summed E-state index contributed by atoms with van der Waals surface area (Å²) in [7, 11) is -3.61. The van der Waals surface area contributed by atoms with E-state index in [-0.39, 0.29) is 17.3 Å². The Bertz CT molecular complexity index is 669. The fourth-order valence-corrected chi connectivity index (χ4v) is 2.62. The van der Waals surface area contributed by atoms with Gasteiger partial charge >= 0.3 is 0 Å². The van der Waals surface area contributed by atoms with E-state index in [4.69, 9.17) is 5.73 Å². The number of hydrogen-bond acceptors (Lipinski definition) is 3. The van der Waals surface area contributed by atoms with E-state index in [1.807, 2.05) is 0 Å². The second kappa shape index (κ2) is 5.38. The normalized spacial score (nSPS) is 11.4. The first kappa shape index (κ1) is 13.5. The van der Waals surface area contributed by atoms with E-state index in [1.165, 1.54) is 36.4 Å². The molecule has 0 unspecified atom stereocenters. The number of benzene rings is 2. The summed E-state index contributed by atoms with van der Waals surface area (Å²) in [6.07, 6.45) is 0. The molecule has 2 aromatic rings. The molecule has 0 heterocycles. The highest BCUT2D eigenvalue weighted by molar-refractivity contribution is 7.89. The molecule has 2 aromatic carbocycles. The first-order valence-electron chi connectivity index (χ1n) is 5.57. The van der Waals surface area contributed by atoms with Gasteiger partial charge in [-0.05, 0) is 35.9 Å². The Hall–Kier alpha value is -1.92. The first-order chi connectivity index (χ1) is 8.97. The zero-order chi connectivity index (χ0) is 13.9. The Labute approximate surface area is 111 Å². The van der Waals surface area contributed by atoms with E-state index in [1.54, 1.807) is 12.1 Å². The van der Waals surface area contributed by atoms with E-state index in [2.05, 4.69) is 4.72 Å². The van der Waals surface area contributed by atoms with Crippen LogP contribution < -0.4 is 10.5 Å². The van der Waals surface area contributed by atoms with Crippen molar-refractivity contribution in [2.75, 3.05) is 5.73 Å². The third-order valence-corrected chi connectivity index (χ3v) is 3.95. The van der Waals surface area contributed by atoms with Gasteiger partial charge < -0.3 is 5.73 Å². The van der Waals surface area contributed by atoms with Gasteiger partial charge in [0, 0.05) is 12.2 Å². The zero-order valence-electron chi connectivity index (χ0n) is 10.0. The van der Waals surface area contributed by atoms with Crippen molar-refractivity contribution in [1.82, 2.24) is 4.72 Å². The standard InChI is InChI=1S/C13H13FN2O2S/c14-11-6-4-10(5-7-11)9-16-19(17,18)13-3-1-2-12(15)8-13/h1-8,16H,9,15H2. The quantitative estimate of drug-likeness (QED) is 0.840. The molecule has 19 heavy (non-hydrogen) atoms. The molecule has 2 rings (SSSR count). The maximum absolute atomic E-state index is 12.7. The van der Waals surface area contributed by atoms with Crippen LogP contribution in [0.4, 0.5) is 10.1 Å². The number of hydrogen-bond donors (Lipinski definition) is 2. The smallest absolute Gasteiger partial charge is 0.240 e. The molecule has 0 aromatic heterocycles. The van der Waals surface area contributed by atoms with Crippen LogP contribution in [0.3, 0.4) is 0 Å². The summed E-state index contributed by atoms with van der Waals surface area (Å²) in [6.45, 7) is 0.0947. The van der Waals surface area contributed by atoms with Crippen molar-refractivity contribution < 1.29 is 12.8 Å². The van der Waals surface area contributed by atoms with Crippen molar-refractivity contribution >= 4 is 15.7 Å². The number of anilines is 1. The summed E-state index contributed by atoms with van der Waals surface area (Å²) in [6, 6.07) is 11.6. The van der Waals surface area contributed by atoms with Gasteiger partial charge in [-0.1, -0.05) is 18.2 Å². The van der Waals surface area contributed by atoms with E-state index >= 15 is 0 Å². The molecule has 3 N–H and O–H groups in total. The van der Waals surface area contributed by atoms with Crippen molar-refractivity contribution in [2.45, 2.75) is 11.4 Å². The van der Waals surface area contributed by atoms with E-state index in [0.29, 0.717) is 11.3 Å². The van der Waals surface area contributed by atoms with Crippen LogP contribution in [0.5, 0.6) is 0 Å². The summed E-state index contributed by atoms with van der Waals surface area (Å²) >= 11 is 0. The highest BCUT2D eigenvalue weighted by Crippen LogP contribution is 2.13. The highest BCUT2D eigenvalue weighted by Gasteiger charge is 2.13. The van der Waals surface area contributed by atoms with E-state index in [0.717, 1.165) is 0 Å². The van der Waals surface area contributed by atoms with Gasteiger partial charge in [-0.2, -0.15) is 0 Å². The number of halogens is 1. The van der Waals surface area contributed by atoms with Crippen LogP contribution in [-0.2, 0) is 16.6 Å². The summed E-state index contributed by atoms with van der Waals surface area (Å²) in [5.74, 6) is -0.359. The Kier molecular flexibility index (Phi) is 3.82. The molecular formula is C13H13FN2O2S. The molecule has 6 heteroatoms. The third kappa shape index (κ3) is 3.52. The van der Waals surface area contributed by atoms with Crippen molar-refractivity contribution in [1.29, 1.82) is 0 Å². The van der Waals surface area contributed by atoms with E-state index < -0.39 is 10.0 Å². The molecule has 4 nitrogen and oxygen atoms in total. The van der Waals surface area contributed by atoms with Gasteiger partial charge in [0.2, 0.25) is 10.0 Å². The van der Waals surface area contributed by atoms with Crippen molar-refractivity contribution in [3.63, 3.8) is 0 Å². The number of nitrogens with two attached hydrogens (primary N) is 1. The monoisotopic (exact) mass is 280 g/mol. The van der Waals surface area contributed by atoms with Crippen LogP contribution in [0.15, 0.2) is 53.4 Å². The molecule has 100 valence electrons. The molecule has 0 spiro atoms. The lowest BCUT2D eigenvalue weighted by Gasteiger charge is -2.07.